The first-order chi connectivity index (χ1) is 27.5. The Morgan fingerprint density at radius 1 is 0.482 bits per heavy atom. The van der Waals surface area contributed by atoms with Crippen LogP contribution in [0.1, 0.15) is 5.56 Å². The second-order valence-corrected chi connectivity index (χ2v) is 13.8. The molecule has 7 aromatic carbocycles. The molecule has 10 rings (SSSR count). The van der Waals surface area contributed by atoms with Crippen LogP contribution in [0.2, 0.25) is 0 Å². The van der Waals surface area contributed by atoms with Gasteiger partial charge in [-0.2, -0.15) is 9.97 Å². The number of ether oxygens (including phenoxy) is 2. The Morgan fingerprint density at radius 2 is 1.02 bits per heavy atom. The third-order valence-electron chi connectivity index (χ3n) is 10.6. The third kappa shape index (κ3) is 5.10. The standard InChI is InChI=1S/C48H35N5O3/c1-29-15-14-24-40(55-2)42(29)43-39(54)27-32(28-41(43)56-3)52-37-22-12-10-20-33(37)35-25-26-36-34-21-11-13-23-38(34)53(45(36)44(35)52)48-50-46(30-16-6-4-7-17-30)49-47(51-48)31-18-8-5-9-19-31/h4-28,54H,1-3H3. The van der Waals surface area contributed by atoms with Gasteiger partial charge in [-0.3, -0.25) is 4.57 Å². The Balaban J connectivity index is 1.34. The van der Waals surface area contributed by atoms with Crippen molar-refractivity contribution in [3.05, 3.63) is 157 Å². The molecule has 0 saturated heterocycles. The number of methoxy groups -OCH3 is 2. The highest BCUT2D eigenvalue weighted by Gasteiger charge is 2.25. The molecule has 270 valence electrons. The van der Waals surface area contributed by atoms with Crippen molar-refractivity contribution in [3.8, 4) is 62.8 Å². The van der Waals surface area contributed by atoms with Crippen LogP contribution in [0.4, 0.5) is 0 Å². The molecular formula is C48H35N5O3. The lowest BCUT2D eigenvalue weighted by atomic mass is 9.97. The van der Waals surface area contributed by atoms with E-state index in [2.05, 4.69) is 57.7 Å². The molecule has 10 aromatic rings. The lowest BCUT2D eigenvalue weighted by molar-refractivity contribution is 0.404. The van der Waals surface area contributed by atoms with Crippen LogP contribution in [-0.4, -0.2) is 43.4 Å². The minimum Gasteiger partial charge on any atom is -0.507 e. The Kier molecular flexibility index (Phi) is 7.78. The summed E-state index contributed by atoms with van der Waals surface area (Å²) in [5.41, 5.74) is 8.60. The number of hydrogen-bond acceptors (Lipinski definition) is 6. The number of benzene rings is 7. The summed E-state index contributed by atoms with van der Waals surface area (Å²) in [6.45, 7) is 2.00. The van der Waals surface area contributed by atoms with E-state index in [1.165, 1.54) is 0 Å². The van der Waals surface area contributed by atoms with Crippen LogP contribution in [0.25, 0.3) is 89.2 Å². The first-order valence-electron chi connectivity index (χ1n) is 18.4. The zero-order valence-electron chi connectivity index (χ0n) is 30.9. The van der Waals surface area contributed by atoms with Crippen LogP contribution in [0, 0.1) is 6.92 Å². The summed E-state index contributed by atoms with van der Waals surface area (Å²) in [7, 11) is 3.26. The second-order valence-electron chi connectivity index (χ2n) is 13.8. The molecule has 0 aliphatic heterocycles. The average molecular weight is 730 g/mol. The molecule has 0 aliphatic rings. The van der Waals surface area contributed by atoms with Crippen molar-refractivity contribution in [1.29, 1.82) is 0 Å². The quantitative estimate of drug-likeness (QED) is 0.176. The highest BCUT2D eigenvalue weighted by atomic mass is 16.5. The van der Waals surface area contributed by atoms with Crippen LogP contribution in [-0.2, 0) is 0 Å². The zero-order valence-corrected chi connectivity index (χ0v) is 30.9. The van der Waals surface area contributed by atoms with Crippen LogP contribution < -0.4 is 9.47 Å². The Morgan fingerprint density at radius 3 is 1.61 bits per heavy atom. The Labute approximate surface area is 322 Å². The van der Waals surface area contributed by atoms with Gasteiger partial charge in [0.2, 0.25) is 5.95 Å². The summed E-state index contributed by atoms with van der Waals surface area (Å²) in [4.78, 5) is 15.4. The fourth-order valence-electron chi connectivity index (χ4n) is 8.13. The van der Waals surface area contributed by atoms with Gasteiger partial charge in [0.05, 0.1) is 47.5 Å². The van der Waals surface area contributed by atoms with Gasteiger partial charge < -0.3 is 19.1 Å². The summed E-state index contributed by atoms with van der Waals surface area (Å²) in [5.74, 6) is 2.88. The predicted octanol–water partition coefficient (Wildman–Crippen LogP) is 11.1. The molecule has 8 heteroatoms. The number of aromatic nitrogens is 5. The molecule has 0 aliphatic carbocycles. The van der Waals surface area contributed by atoms with Crippen LogP contribution in [0.15, 0.2) is 152 Å². The van der Waals surface area contributed by atoms with E-state index < -0.39 is 0 Å². The molecule has 0 atom stereocenters. The van der Waals surface area contributed by atoms with Gasteiger partial charge in [-0.05, 0) is 30.7 Å². The van der Waals surface area contributed by atoms with E-state index in [1.807, 2.05) is 110 Å². The predicted molar refractivity (Wildman–Crippen MR) is 224 cm³/mol. The lowest BCUT2D eigenvalue weighted by Crippen LogP contribution is -2.07. The van der Waals surface area contributed by atoms with Gasteiger partial charge in [-0.1, -0.05) is 121 Å². The van der Waals surface area contributed by atoms with Crippen molar-refractivity contribution in [2.45, 2.75) is 6.92 Å². The molecule has 8 nitrogen and oxygen atoms in total. The van der Waals surface area contributed by atoms with Gasteiger partial charge >= 0.3 is 0 Å². The summed E-state index contributed by atoms with van der Waals surface area (Å²) < 4.78 is 16.2. The molecule has 0 radical (unpaired) electrons. The molecule has 3 aromatic heterocycles. The van der Waals surface area contributed by atoms with Gasteiger partial charge in [0.1, 0.15) is 17.2 Å². The normalized spacial score (nSPS) is 11.6. The summed E-state index contributed by atoms with van der Waals surface area (Å²) in [6.07, 6.45) is 0. The van der Waals surface area contributed by atoms with E-state index in [-0.39, 0.29) is 5.75 Å². The van der Waals surface area contributed by atoms with Crippen molar-refractivity contribution in [2.24, 2.45) is 0 Å². The molecule has 0 spiro atoms. The van der Waals surface area contributed by atoms with E-state index in [1.54, 1.807) is 14.2 Å². The van der Waals surface area contributed by atoms with E-state index in [0.717, 1.165) is 71.6 Å². The van der Waals surface area contributed by atoms with E-state index in [9.17, 15) is 5.11 Å². The Bertz CT molecular complexity index is 3080. The molecule has 0 amide bonds. The summed E-state index contributed by atoms with van der Waals surface area (Å²) >= 11 is 0. The molecule has 0 unspecified atom stereocenters. The van der Waals surface area contributed by atoms with Crippen molar-refractivity contribution in [3.63, 3.8) is 0 Å². The van der Waals surface area contributed by atoms with Gasteiger partial charge in [-0.25, -0.2) is 4.98 Å². The van der Waals surface area contributed by atoms with E-state index in [0.29, 0.717) is 34.7 Å². The number of rotatable bonds is 7. The molecule has 0 fully saturated rings. The molecule has 1 N–H and O–H groups in total. The number of fused-ring (bicyclic) bond motifs is 7. The zero-order chi connectivity index (χ0) is 37.9. The van der Waals surface area contributed by atoms with Crippen LogP contribution in [0.3, 0.4) is 0 Å². The summed E-state index contributed by atoms with van der Waals surface area (Å²) in [5, 5.41) is 16.2. The molecule has 3 heterocycles. The Hall–Kier alpha value is -7.45. The van der Waals surface area contributed by atoms with E-state index in [4.69, 9.17) is 24.4 Å². The minimum atomic E-state index is 0.0723. The van der Waals surface area contributed by atoms with Crippen molar-refractivity contribution in [1.82, 2.24) is 24.1 Å². The number of phenols is 1. The highest BCUT2D eigenvalue weighted by Crippen LogP contribution is 2.47. The number of aromatic hydroxyl groups is 1. The summed E-state index contributed by atoms with van der Waals surface area (Å²) in [6, 6.07) is 50.8. The van der Waals surface area contributed by atoms with Crippen LogP contribution >= 0.6 is 0 Å². The van der Waals surface area contributed by atoms with Gasteiger partial charge in [-0.15, -0.1) is 0 Å². The molecule has 0 bridgehead atoms. The average Bonchev–Trinajstić information content (AvgIpc) is 3.77. The molecule has 56 heavy (non-hydrogen) atoms. The fourth-order valence-corrected chi connectivity index (χ4v) is 8.13. The SMILES string of the molecule is COc1cccc(C)c1-c1c(O)cc(-n2c3ccccc3c3ccc4c5ccccc5n(-c5nc(-c6ccccc6)nc(-c6ccccc6)n5)c4c32)cc1OC. The first kappa shape index (κ1) is 33.1. The number of aryl methyl sites for hydroxylation is 1. The van der Waals surface area contributed by atoms with Crippen LogP contribution in [0.5, 0.6) is 17.2 Å². The van der Waals surface area contributed by atoms with Crippen molar-refractivity contribution < 1.29 is 14.6 Å². The van der Waals surface area contributed by atoms with Gasteiger partial charge in [0, 0.05) is 50.4 Å². The molecular weight excluding hydrogens is 695 g/mol. The minimum absolute atomic E-state index is 0.0723. The van der Waals surface area contributed by atoms with Crippen molar-refractivity contribution in [2.75, 3.05) is 14.2 Å². The highest BCUT2D eigenvalue weighted by molar-refractivity contribution is 6.23. The van der Waals surface area contributed by atoms with Crippen molar-refractivity contribution >= 4 is 43.6 Å². The lowest BCUT2D eigenvalue weighted by Gasteiger charge is -2.19. The van der Waals surface area contributed by atoms with Gasteiger partial charge in [0.15, 0.2) is 11.6 Å². The largest absolute Gasteiger partial charge is 0.507 e. The number of hydrogen-bond donors (Lipinski definition) is 1. The molecule has 0 saturated carbocycles. The maximum absolute atomic E-state index is 12.0. The maximum Gasteiger partial charge on any atom is 0.238 e. The monoisotopic (exact) mass is 729 g/mol. The number of para-hydroxylation sites is 2. The fraction of sp³-hybridized carbons (Fsp3) is 0.0625. The topological polar surface area (TPSA) is 87.2 Å². The number of phenolic OH excluding ortho intramolecular Hbond substituents is 1. The first-order valence-corrected chi connectivity index (χ1v) is 18.4. The third-order valence-corrected chi connectivity index (χ3v) is 10.6. The van der Waals surface area contributed by atoms with E-state index >= 15 is 0 Å². The maximum atomic E-state index is 12.0. The second kappa shape index (κ2) is 13.1. The van der Waals surface area contributed by atoms with Gasteiger partial charge in [0.25, 0.3) is 0 Å². The number of nitrogens with zero attached hydrogens (tertiary/aromatic N) is 5. The smallest absolute Gasteiger partial charge is 0.238 e.